The van der Waals surface area contributed by atoms with Gasteiger partial charge in [-0.05, 0) is 48.4 Å². The molecule has 0 saturated carbocycles. The second-order valence-electron chi connectivity index (χ2n) is 6.58. The van der Waals surface area contributed by atoms with Gasteiger partial charge in [0.25, 0.3) is 0 Å². The van der Waals surface area contributed by atoms with E-state index in [-0.39, 0.29) is 11.6 Å². The summed E-state index contributed by atoms with van der Waals surface area (Å²) in [7, 11) is 0. The molecule has 0 amide bonds. The molecule has 3 N–H and O–H groups in total. The first-order chi connectivity index (χ1) is 13.6. The Bertz CT molecular complexity index is 878. The molecule has 0 bridgehead atoms. The van der Waals surface area contributed by atoms with Crippen LogP contribution in [0.25, 0.3) is 0 Å². The lowest BCUT2D eigenvalue weighted by Gasteiger charge is -2.27. The largest absolute Gasteiger partial charge is 0.480 e. The summed E-state index contributed by atoms with van der Waals surface area (Å²) in [5, 5.41) is 9.44. The molecule has 0 aliphatic rings. The Morgan fingerprint density at radius 2 is 1.43 bits per heavy atom. The first kappa shape index (κ1) is 23.6. The van der Waals surface area contributed by atoms with Crippen LogP contribution in [0.15, 0.2) is 42.5 Å². The highest BCUT2D eigenvalue weighted by Crippen LogP contribution is 2.38. The summed E-state index contributed by atoms with van der Waals surface area (Å²) in [5.41, 5.74) is 0.0252. The highest BCUT2D eigenvalue weighted by molar-refractivity contribution is 5.80. The molecule has 30 heavy (non-hydrogen) atoms. The van der Waals surface area contributed by atoms with Crippen LogP contribution in [0.3, 0.4) is 0 Å². The quantitative estimate of drug-likeness (QED) is 0.630. The van der Waals surface area contributed by atoms with Crippen LogP contribution < -0.4 is 5.73 Å². The molecule has 0 aliphatic heterocycles. The van der Waals surface area contributed by atoms with Gasteiger partial charge in [0, 0.05) is 0 Å². The van der Waals surface area contributed by atoms with Gasteiger partial charge < -0.3 is 15.6 Å². The zero-order chi connectivity index (χ0) is 22.9. The predicted octanol–water partition coefficient (Wildman–Crippen LogP) is 4.88. The van der Waals surface area contributed by atoms with Crippen LogP contribution in [0.1, 0.15) is 35.3 Å². The molecule has 2 atom stereocenters. The lowest BCUT2D eigenvalue weighted by Crippen LogP contribution is -2.49. The van der Waals surface area contributed by atoms with Gasteiger partial charge >= 0.3 is 18.3 Å². The molecule has 0 spiro atoms. The highest BCUT2D eigenvalue weighted by Gasteiger charge is 2.39. The molecular formula is C19H16F7NO3. The average Bonchev–Trinajstić information content (AvgIpc) is 2.64. The summed E-state index contributed by atoms with van der Waals surface area (Å²) in [6.07, 6.45) is -11.4. The zero-order valence-corrected chi connectivity index (χ0v) is 15.3. The molecule has 2 aromatic rings. The molecular weight excluding hydrogens is 423 g/mol. The maximum atomic E-state index is 13.1. The van der Waals surface area contributed by atoms with Gasteiger partial charge in [0.15, 0.2) is 5.54 Å². The molecule has 2 rings (SSSR count). The van der Waals surface area contributed by atoms with E-state index >= 15 is 0 Å². The fourth-order valence-electron chi connectivity index (χ4n) is 2.58. The Balaban J connectivity index is 2.35. The Morgan fingerprint density at radius 3 is 1.83 bits per heavy atom. The van der Waals surface area contributed by atoms with Crippen LogP contribution in [0.5, 0.6) is 0 Å². The van der Waals surface area contributed by atoms with Crippen molar-refractivity contribution >= 4 is 5.97 Å². The number of hydrogen-bond acceptors (Lipinski definition) is 3. The van der Waals surface area contributed by atoms with E-state index in [4.69, 9.17) is 10.5 Å². The van der Waals surface area contributed by atoms with Crippen molar-refractivity contribution < 1.29 is 45.4 Å². The molecule has 0 unspecified atom stereocenters. The van der Waals surface area contributed by atoms with Gasteiger partial charge in [-0.1, -0.05) is 12.1 Å². The van der Waals surface area contributed by atoms with Crippen molar-refractivity contribution in [3.05, 3.63) is 70.5 Å². The first-order valence-corrected chi connectivity index (χ1v) is 8.34. The number of benzene rings is 2. The highest BCUT2D eigenvalue weighted by atomic mass is 19.4. The second kappa shape index (κ2) is 8.23. The number of carbonyl (C=O) groups is 1. The van der Waals surface area contributed by atoms with Crippen LogP contribution in [-0.2, 0) is 27.4 Å². The number of carboxylic acids is 1. The van der Waals surface area contributed by atoms with E-state index in [1.54, 1.807) is 0 Å². The number of aliphatic carboxylic acids is 1. The molecule has 2 aromatic carbocycles. The molecule has 4 nitrogen and oxygen atoms in total. The van der Waals surface area contributed by atoms with Crippen LogP contribution in [0.4, 0.5) is 30.7 Å². The van der Waals surface area contributed by atoms with Crippen molar-refractivity contribution in [2.75, 3.05) is 6.61 Å². The number of carboxylic acid groups (broad SMARTS) is 1. The number of hydrogen-bond donors (Lipinski definition) is 2. The van der Waals surface area contributed by atoms with E-state index in [1.807, 2.05) is 0 Å². The SMILES string of the molecule is C[C@@H](OC[C@](N)(C(=O)O)c1ccc(F)cc1)c1cc(C(F)(F)F)cc(C(F)(F)F)c1. The minimum atomic E-state index is -5.04. The van der Waals surface area contributed by atoms with Crippen molar-refractivity contribution in [1.82, 2.24) is 0 Å². The number of rotatable bonds is 6. The maximum absolute atomic E-state index is 13.1. The number of ether oxygens (including phenoxy) is 1. The lowest BCUT2D eigenvalue weighted by molar-refractivity contribution is -0.147. The molecule has 0 heterocycles. The smallest absolute Gasteiger partial charge is 0.416 e. The Hall–Kier alpha value is -2.66. The predicted molar refractivity (Wildman–Crippen MR) is 90.7 cm³/mol. The fourth-order valence-corrected chi connectivity index (χ4v) is 2.58. The fraction of sp³-hybridized carbons (Fsp3) is 0.316. The van der Waals surface area contributed by atoms with Gasteiger partial charge in [0.1, 0.15) is 5.82 Å². The third kappa shape index (κ3) is 5.28. The van der Waals surface area contributed by atoms with Crippen molar-refractivity contribution in [3.63, 3.8) is 0 Å². The molecule has 164 valence electrons. The third-order valence-corrected chi connectivity index (χ3v) is 4.38. The van der Waals surface area contributed by atoms with Gasteiger partial charge in [0.05, 0.1) is 23.8 Å². The monoisotopic (exact) mass is 439 g/mol. The van der Waals surface area contributed by atoms with Gasteiger partial charge in [-0.2, -0.15) is 26.3 Å². The van der Waals surface area contributed by atoms with E-state index in [2.05, 4.69) is 0 Å². The van der Waals surface area contributed by atoms with Crippen LogP contribution in [0, 0.1) is 5.82 Å². The average molecular weight is 439 g/mol. The molecule has 0 radical (unpaired) electrons. The van der Waals surface area contributed by atoms with Crippen LogP contribution >= 0.6 is 0 Å². The maximum Gasteiger partial charge on any atom is 0.416 e. The first-order valence-electron chi connectivity index (χ1n) is 8.34. The van der Waals surface area contributed by atoms with E-state index in [0.717, 1.165) is 31.2 Å². The van der Waals surface area contributed by atoms with Crippen molar-refractivity contribution in [3.8, 4) is 0 Å². The minimum absolute atomic E-state index is 0.0286. The summed E-state index contributed by atoms with van der Waals surface area (Å²) in [6.45, 7) is 0.356. The number of nitrogens with two attached hydrogens (primary N) is 1. The summed E-state index contributed by atoms with van der Waals surface area (Å²) < 4.78 is 96.3. The van der Waals surface area contributed by atoms with Gasteiger partial charge in [-0.15, -0.1) is 0 Å². The Kier molecular flexibility index (Phi) is 6.48. The van der Waals surface area contributed by atoms with E-state index in [1.165, 1.54) is 0 Å². The number of alkyl halides is 6. The van der Waals surface area contributed by atoms with E-state index < -0.39 is 59.1 Å². The number of halogens is 7. The topological polar surface area (TPSA) is 72.5 Å². The normalized spacial score (nSPS) is 15.5. The van der Waals surface area contributed by atoms with Crippen molar-refractivity contribution in [1.29, 1.82) is 0 Å². The van der Waals surface area contributed by atoms with Crippen molar-refractivity contribution in [2.24, 2.45) is 5.73 Å². The molecule has 0 aromatic heterocycles. The minimum Gasteiger partial charge on any atom is -0.480 e. The van der Waals surface area contributed by atoms with E-state index in [9.17, 15) is 40.6 Å². The van der Waals surface area contributed by atoms with E-state index in [0.29, 0.717) is 12.1 Å². The standard InChI is InChI=1S/C19H16F7NO3/c1-10(11-6-13(18(21,22)23)8-14(7-11)19(24,25)26)30-9-17(27,16(28)29)12-2-4-15(20)5-3-12/h2-8,10H,9,27H2,1H3,(H,28,29)/t10-,17-/m1/s1. The lowest BCUT2D eigenvalue weighted by atomic mass is 9.92. The molecule has 11 heteroatoms. The summed E-state index contributed by atoms with van der Waals surface area (Å²) in [5.74, 6) is -2.24. The van der Waals surface area contributed by atoms with Crippen LogP contribution in [0.2, 0.25) is 0 Å². The third-order valence-electron chi connectivity index (χ3n) is 4.38. The molecule has 0 fully saturated rings. The molecule has 0 aliphatic carbocycles. The molecule has 0 saturated heterocycles. The summed E-state index contributed by atoms with van der Waals surface area (Å²) >= 11 is 0. The van der Waals surface area contributed by atoms with Gasteiger partial charge in [0.2, 0.25) is 0 Å². The van der Waals surface area contributed by atoms with Gasteiger partial charge in [-0.25, -0.2) is 9.18 Å². The zero-order valence-electron chi connectivity index (χ0n) is 15.3. The summed E-state index contributed by atoms with van der Waals surface area (Å²) in [6, 6.07) is 5.01. The Labute approximate surface area is 166 Å². The van der Waals surface area contributed by atoms with Crippen LogP contribution in [-0.4, -0.2) is 17.7 Å². The Morgan fingerprint density at radius 1 is 0.967 bits per heavy atom. The van der Waals surface area contributed by atoms with Crippen molar-refractivity contribution in [2.45, 2.75) is 30.9 Å². The summed E-state index contributed by atoms with van der Waals surface area (Å²) in [4.78, 5) is 11.6. The van der Waals surface area contributed by atoms with Gasteiger partial charge in [-0.3, -0.25) is 0 Å². The second-order valence-corrected chi connectivity index (χ2v) is 6.58.